The summed E-state index contributed by atoms with van der Waals surface area (Å²) in [5, 5.41) is 2.80. The summed E-state index contributed by atoms with van der Waals surface area (Å²) in [5.74, 6) is -0.934. The van der Waals surface area contributed by atoms with Crippen LogP contribution in [0.25, 0.3) is 0 Å². The van der Waals surface area contributed by atoms with Crippen LogP contribution in [0.15, 0.2) is 78.2 Å². The first kappa shape index (κ1) is 23.0. The molecule has 5 nitrogen and oxygen atoms in total. The largest absolute Gasteiger partial charge is 0.322 e. The number of carbonyl (C=O) groups is 1. The van der Waals surface area contributed by atoms with E-state index < -0.39 is 21.7 Å². The van der Waals surface area contributed by atoms with Crippen LogP contribution < -0.4 is 9.62 Å². The maximum absolute atomic E-state index is 13.5. The lowest BCUT2D eigenvalue weighted by atomic mass is 10.1. The summed E-state index contributed by atoms with van der Waals surface area (Å²) >= 11 is 6.24. The first-order valence-corrected chi connectivity index (χ1v) is 12.2. The summed E-state index contributed by atoms with van der Waals surface area (Å²) < 4.78 is 41.3. The van der Waals surface area contributed by atoms with Crippen molar-refractivity contribution in [3.8, 4) is 0 Å². The van der Waals surface area contributed by atoms with Crippen LogP contribution in [0.2, 0.25) is 5.02 Å². The summed E-state index contributed by atoms with van der Waals surface area (Å²) in [4.78, 5) is 12.7. The molecular weight excluding hydrogens is 463 g/mol. The molecule has 0 aromatic heterocycles. The molecule has 1 aliphatic carbocycles. The highest BCUT2D eigenvalue weighted by atomic mass is 35.5. The molecule has 0 saturated heterocycles. The van der Waals surface area contributed by atoms with Gasteiger partial charge in [0.25, 0.3) is 15.9 Å². The Morgan fingerprint density at radius 2 is 1.79 bits per heavy atom. The van der Waals surface area contributed by atoms with Crippen molar-refractivity contribution in [3.05, 3.63) is 101 Å². The third-order valence-electron chi connectivity index (χ3n) is 5.53. The average molecular weight is 485 g/mol. The summed E-state index contributed by atoms with van der Waals surface area (Å²) in [6.07, 6.45) is 4.53. The zero-order valence-corrected chi connectivity index (χ0v) is 19.3. The molecule has 0 radical (unpaired) electrons. The number of nitrogens with zero attached hydrogens (tertiary/aromatic N) is 1. The molecule has 3 aromatic rings. The lowest BCUT2D eigenvalue weighted by Gasteiger charge is -2.24. The number of hydrogen-bond acceptors (Lipinski definition) is 3. The van der Waals surface area contributed by atoms with Crippen molar-refractivity contribution < 1.29 is 17.6 Å². The van der Waals surface area contributed by atoms with Crippen molar-refractivity contribution in [2.24, 2.45) is 0 Å². The molecule has 3 aromatic carbocycles. The Balaban J connectivity index is 1.65. The van der Waals surface area contributed by atoms with Gasteiger partial charge in [0.2, 0.25) is 0 Å². The van der Waals surface area contributed by atoms with Crippen LogP contribution >= 0.6 is 11.6 Å². The Hall–Kier alpha value is -3.16. The average Bonchev–Trinajstić information content (AvgIpc) is 3.26. The van der Waals surface area contributed by atoms with Gasteiger partial charge in [-0.1, -0.05) is 23.7 Å². The number of aryl methyl sites for hydroxylation is 2. The highest BCUT2D eigenvalue weighted by molar-refractivity contribution is 7.93. The fraction of sp³-hybridized carbons (Fsp3) is 0.160. The Labute approximate surface area is 197 Å². The van der Waals surface area contributed by atoms with Gasteiger partial charge in [-0.05, 0) is 85.0 Å². The molecule has 170 valence electrons. The summed E-state index contributed by atoms with van der Waals surface area (Å²) in [6.45, 7) is 3.55. The van der Waals surface area contributed by atoms with E-state index in [1.807, 2.05) is 18.2 Å². The number of carbonyl (C=O) groups excluding carboxylic acids is 1. The molecule has 0 bridgehead atoms. The number of halogens is 2. The van der Waals surface area contributed by atoms with Gasteiger partial charge < -0.3 is 5.32 Å². The number of amides is 1. The van der Waals surface area contributed by atoms with E-state index in [4.69, 9.17) is 11.6 Å². The van der Waals surface area contributed by atoms with E-state index in [1.165, 1.54) is 59.7 Å². The number of fused-ring (bicyclic) bond motifs is 1. The minimum Gasteiger partial charge on any atom is -0.322 e. The van der Waals surface area contributed by atoms with Gasteiger partial charge in [0.15, 0.2) is 0 Å². The summed E-state index contributed by atoms with van der Waals surface area (Å²) in [7, 11) is -4.17. The highest BCUT2D eigenvalue weighted by Crippen LogP contribution is 2.30. The molecular formula is C25H22ClFN2O3S. The molecule has 1 N–H and O–H groups in total. The maximum Gasteiger partial charge on any atom is 0.266 e. The zero-order valence-electron chi connectivity index (χ0n) is 17.7. The van der Waals surface area contributed by atoms with Gasteiger partial charge in [-0.25, -0.2) is 12.8 Å². The number of nitrogens with one attached hydrogen (secondary N) is 1. The molecule has 0 atom stereocenters. The van der Waals surface area contributed by atoms with Crippen LogP contribution in [0.1, 0.15) is 27.9 Å². The van der Waals surface area contributed by atoms with Gasteiger partial charge >= 0.3 is 0 Å². The van der Waals surface area contributed by atoms with Crippen molar-refractivity contribution in [1.29, 1.82) is 0 Å². The maximum atomic E-state index is 13.5. The van der Waals surface area contributed by atoms with Crippen molar-refractivity contribution in [2.75, 3.05) is 16.2 Å². The van der Waals surface area contributed by atoms with E-state index in [9.17, 15) is 17.6 Å². The Bertz CT molecular complexity index is 1320. The van der Waals surface area contributed by atoms with Crippen LogP contribution in [0.5, 0.6) is 0 Å². The van der Waals surface area contributed by atoms with Gasteiger partial charge in [-0.15, -0.1) is 6.58 Å². The van der Waals surface area contributed by atoms with Crippen molar-refractivity contribution in [1.82, 2.24) is 0 Å². The van der Waals surface area contributed by atoms with E-state index in [1.54, 1.807) is 0 Å². The molecule has 0 aliphatic heterocycles. The Kier molecular flexibility index (Phi) is 6.54. The molecule has 1 amide bonds. The predicted octanol–water partition coefficient (Wildman–Crippen LogP) is 5.60. The molecule has 0 unspecified atom stereocenters. The second-order valence-corrected chi connectivity index (χ2v) is 9.98. The lowest BCUT2D eigenvalue weighted by molar-refractivity contribution is 0.102. The van der Waals surface area contributed by atoms with E-state index in [0.29, 0.717) is 5.69 Å². The number of sulfonamides is 1. The third kappa shape index (κ3) is 4.79. The van der Waals surface area contributed by atoms with Gasteiger partial charge in [-0.2, -0.15) is 0 Å². The standard InChI is InChI=1S/C25H22ClFN2O3S/c1-2-14-29(22-11-8-20(27)9-12-22)33(31,32)24-16-19(7-13-23(24)26)25(30)28-21-10-6-17-4-3-5-18(17)15-21/h2,6-13,15-16H,1,3-5,14H2,(H,28,30). The van der Waals surface area contributed by atoms with Crippen molar-refractivity contribution in [3.63, 3.8) is 0 Å². The van der Waals surface area contributed by atoms with Crippen LogP contribution in [0.4, 0.5) is 15.8 Å². The SMILES string of the molecule is C=CCN(c1ccc(F)cc1)S(=O)(=O)c1cc(C(=O)Nc2ccc3c(c2)CCC3)ccc1Cl. The van der Waals surface area contributed by atoms with Crippen LogP contribution in [0, 0.1) is 5.82 Å². The van der Waals surface area contributed by atoms with Gasteiger partial charge in [-0.3, -0.25) is 9.10 Å². The molecule has 8 heteroatoms. The Morgan fingerprint density at radius 1 is 1.06 bits per heavy atom. The van der Waals surface area contributed by atoms with Crippen molar-refractivity contribution >= 4 is 38.9 Å². The van der Waals surface area contributed by atoms with E-state index in [0.717, 1.165) is 23.6 Å². The normalized spacial score (nSPS) is 12.8. The monoisotopic (exact) mass is 484 g/mol. The molecule has 33 heavy (non-hydrogen) atoms. The summed E-state index contributed by atoms with van der Waals surface area (Å²) in [6, 6.07) is 15.0. The van der Waals surface area contributed by atoms with Crippen LogP contribution in [0.3, 0.4) is 0 Å². The first-order chi connectivity index (χ1) is 15.8. The number of benzene rings is 3. The number of rotatable bonds is 7. The fourth-order valence-electron chi connectivity index (χ4n) is 3.88. The van der Waals surface area contributed by atoms with Gasteiger partial charge in [0, 0.05) is 11.3 Å². The van der Waals surface area contributed by atoms with Gasteiger partial charge in [0.1, 0.15) is 10.7 Å². The fourth-order valence-corrected chi connectivity index (χ4v) is 5.82. The molecule has 0 fully saturated rings. The molecule has 1 aliphatic rings. The molecule has 0 saturated carbocycles. The van der Waals surface area contributed by atoms with Crippen LogP contribution in [-0.2, 0) is 22.9 Å². The number of anilines is 2. The van der Waals surface area contributed by atoms with Crippen LogP contribution in [-0.4, -0.2) is 20.9 Å². The van der Waals surface area contributed by atoms with Crippen molar-refractivity contribution in [2.45, 2.75) is 24.2 Å². The Morgan fingerprint density at radius 3 is 2.52 bits per heavy atom. The topological polar surface area (TPSA) is 66.5 Å². The second kappa shape index (κ2) is 9.37. The van der Waals surface area contributed by atoms with E-state index in [2.05, 4.69) is 11.9 Å². The van der Waals surface area contributed by atoms with Gasteiger partial charge in [0.05, 0.1) is 17.3 Å². The quantitative estimate of drug-likeness (QED) is 0.444. The van der Waals surface area contributed by atoms with E-state index in [-0.39, 0.29) is 27.7 Å². The third-order valence-corrected chi connectivity index (χ3v) is 7.80. The predicted molar refractivity (Wildman–Crippen MR) is 129 cm³/mol. The second-order valence-electron chi connectivity index (χ2n) is 7.74. The number of hydrogen-bond donors (Lipinski definition) is 1. The summed E-state index contributed by atoms with van der Waals surface area (Å²) in [5.41, 5.74) is 3.55. The highest BCUT2D eigenvalue weighted by Gasteiger charge is 2.28. The van der Waals surface area contributed by atoms with E-state index >= 15 is 0 Å². The lowest BCUT2D eigenvalue weighted by Crippen LogP contribution is -2.31. The smallest absolute Gasteiger partial charge is 0.266 e. The first-order valence-electron chi connectivity index (χ1n) is 10.4. The molecule has 0 heterocycles. The minimum atomic E-state index is -4.17. The minimum absolute atomic E-state index is 0.0275. The zero-order chi connectivity index (χ0) is 23.6. The molecule has 0 spiro atoms. The molecule has 4 rings (SSSR count).